The second-order valence-electron chi connectivity index (χ2n) is 7.23. The number of hydrogen-bond acceptors (Lipinski definition) is 4. The van der Waals surface area contributed by atoms with E-state index < -0.39 is 0 Å². The predicted octanol–water partition coefficient (Wildman–Crippen LogP) is 4.85. The van der Waals surface area contributed by atoms with E-state index in [1.54, 1.807) is 11.3 Å². The number of hydrogen-bond donors (Lipinski definition) is 1. The number of nitrogens with zero attached hydrogens (tertiary/aromatic N) is 3. The van der Waals surface area contributed by atoms with Crippen molar-refractivity contribution in [2.24, 2.45) is 0 Å². The molecule has 2 atom stereocenters. The smallest absolute Gasteiger partial charge is 0.245 e. The minimum atomic E-state index is -0.374. The number of carbonyl (C=O) groups excluding carboxylic acids is 1. The molecule has 7 heteroatoms. The van der Waals surface area contributed by atoms with Crippen LogP contribution in [0.15, 0.2) is 47.8 Å². The summed E-state index contributed by atoms with van der Waals surface area (Å²) in [6.45, 7) is 2.75. The van der Waals surface area contributed by atoms with Gasteiger partial charge >= 0.3 is 0 Å². The second kappa shape index (κ2) is 8.41. The molecular formula is C21H24N4OS2. The van der Waals surface area contributed by atoms with E-state index in [1.807, 2.05) is 35.1 Å². The first-order valence-corrected chi connectivity index (χ1v) is 11.0. The van der Waals surface area contributed by atoms with Crippen molar-refractivity contribution in [3.8, 4) is 10.7 Å². The van der Waals surface area contributed by atoms with Crippen LogP contribution in [-0.2, 0) is 11.2 Å². The Kier molecular flexibility index (Phi) is 5.73. The minimum Gasteiger partial charge on any atom is -0.338 e. The molecule has 0 bridgehead atoms. The van der Waals surface area contributed by atoms with Crippen LogP contribution in [-0.4, -0.2) is 38.2 Å². The van der Waals surface area contributed by atoms with E-state index in [-0.39, 0.29) is 11.9 Å². The van der Waals surface area contributed by atoms with E-state index in [0.29, 0.717) is 10.8 Å². The molecule has 1 amide bonds. The third-order valence-electron chi connectivity index (χ3n) is 5.46. The molecule has 146 valence electrons. The molecule has 1 aliphatic rings. The van der Waals surface area contributed by atoms with Crippen molar-refractivity contribution in [1.29, 1.82) is 0 Å². The first kappa shape index (κ1) is 19.1. The van der Waals surface area contributed by atoms with Crippen molar-refractivity contribution in [2.45, 2.75) is 44.7 Å². The highest BCUT2D eigenvalue weighted by Crippen LogP contribution is 2.29. The van der Waals surface area contributed by atoms with E-state index in [9.17, 15) is 4.79 Å². The number of likely N-dealkylation sites (tertiary alicyclic amines) is 1. The van der Waals surface area contributed by atoms with Gasteiger partial charge in [-0.15, -0.1) is 11.3 Å². The monoisotopic (exact) mass is 412 g/mol. The number of amides is 1. The van der Waals surface area contributed by atoms with Crippen LogP contribution in [0.1, 0.15) is 37.8 Å². The number of carbonyl (C=O) groups is 1. The van der Waals surface area contributed by atoms with Gasteiger partial charge in [0.2, 0.25) is 5.91 Å². The van der Waals surface area contributed by atoms with Crippen LogP contribution in [0.5, 0.6) is 0 Å². The average Bonchev–Trinajstić information content (AvgIpc) is 3.46. The maximum absolute atomic E-state index is 13.4. The lowest BCUT2D eigenvalue weighted by Gasteiger charge is -2.28. The molecule has 5 nitrogen and oxygen atoms in total. The summed E-state index contributed by atoms with van der Waals surface area (Å²) >= 11 is 7.04. The van der Waals surface area contributed by atoms with Crippen molar-refractivity contribution in [3.63, 3.8) is 0 Å². The SMILES string of the molecule is CC(C(=O)N1CCCC1CCc1ccccc1)n1c(-c2cccs2)n[nH]c1=S. The van der Waals surface area contributed by atoms with Crippen molar-refractivity contribution in [3.05, 3.63) is 58.2 Å². The molecule has 1 aliphatic heterocycles. The Labute approximate surface area is 174 Å². The van der Waals surface area contributed by atoms with E-state index in [4.69, 9.17) is 12.2 Å². The van der Waals surface area contributed by atoms with Crippen molar-refractivity contribution >= 4 is 29.5 Å². The number of nitrogens with one attached hydrogen (secondary N) is 1. The largest absolute Gasteiger partial charge is 0.338 e. The molecule has 2 aromatic heterocycles. The highest BCUT2D eigenvalue weighted by Gasteiger charge is 2.33. The van der Waals surface area contributed by atoms with Gasteiger partial charge in [0, 0.05) is 12.6 Å². The summed E-state index contributed by atoms with van der Waals surface area (Å²) < 4.78 is 2.35. The first-order chi connectivity index (χ1) is 13.6. The molecule has 1 N–H and O–H groups in total. The van der Waals surface area contributed by atoms with E-state index >= 15 is 0 Å². The Morgan fingerprint density at radius 2 is 2.14 bits per heavy atom. The molecular weight excluding hydrogens is 388 g/mol. The van der Waals surface area contributed by atoms with Gasteiger partial charge in [-0.05, 0) is 61.8 Å². The molecule has 0 aliphatic carbocycles. The number of thiophene rings is 1. The third kappa shape index (κ3) is 3.82. The first-order valence-electron chi connectivity index (χ1n) is 9.70. The van der Waals surface area contributed by atoms with Crippen LogP contribution in [0, 0.1) is 4.77 Å². The zero-order valence-corrected chi connectivity index (χ0v) is 17.5. The lowest BCUT2D eigenvalue weighted by atomic mass is 10.0. The standard InChI is InChI=1S/C21H24N4OS2/c1-15(25-19(22-23-21(25)27)18-10-6-14-28-18)20(26)24-13-5-9-17(24)12-11-16-7-3-2-4-8-16/h2-4,6-8,10,14-15,17H,5,9,11-13H2,1H3,(H,23,27). The third-order valence-corrected chi connectivity index (χ3v) is 6.61. The zero-order chi connectivity index (χ0) is 19.5. The number of aryl methyl sites for hydroxylation is 1. The summed E-state index contributed by atoms with van der Waals surface area (Å²) in [5.74, 6) is 0.867. The second-order valence-corrected chi connectivity index (χ2v) is 8.56. The van der Waals surface area contributed by atoms with Crippen LogP contribution in [0.4, 0.5) is 0 Å². The van der Waals surface area contributed by atoms with Crippen LogP contribution in [0.2, 0.25) is 0 Å². The van der Waals surface area contributed by atoms with Gasteiger partial charge in [-0.2, -0.15) is 5.10 Å². The average molecular weight is 413 g/mol. The topological polar surface area (TPSA) is 53.9 Å². The molecule has 1 fully saturated rings. The summed E-state index contributed by atoms with van der Waals surface area (Å²) in [5.41, 5.74) is 1.33. The van der Waals surface area contributed by atoms with E-state index in [0.717, 1.165) is 42.9 Å². The van der Waals surface area contributed by atoms with Gasteiger partial charge in [-0.3, -0.25) is 14.5 Å². The van der Waals surface area contributed by atoms with Crippen molar-refractivity contribution in [2.75, 3.05) is 6.54 Å². The summed E-state index contributed by atoms with van der Waals surface area (Å²) in [6.07, 6.45) is 4.12. The Balaban J connectivity index is 1.51. The van der Waals surface area contributed by atoms with Crippen LogP contribution in [0.3, 0.4) is 0 Å². The maximum atomic E-state index is 13.4. The molecule has 4 rings (SSSR count). The van der Waals surface area contributed by atoms with Crippen molar-refractivity contribution in [1.82, 2.24) is 19.7 Å². The number of aromatic nitrogens is 3. The molecule has 1 saturated heterocycles. The number of H-pyrrole nitrogens is 1. The molecule has 3 heterocycles. The van der Waals surface area contributed by atoms with Gasteiger partial charge in [-0.25, -0.2) is 0 Å². The van der Waals surface area contributed by atoms with Gasteiger partial charge in [0.15, 0.2) is 10.6 Å². The molecule has 3 aromatic rings. The molecule has 0 saturated carbocycles. The maximum Gasteiger partial charge on any atom is 0.245 e. The van der Waals surface area contributed by atoms with Gasteiger partial charge < -0.3 is 4.90 Å². The van der Waals surface area contributed by atoms with Gasteiger partial charge in [0.05, 0.1) is 4.88 Å². The van der Waals surface area contributed by atoms with E-state index in [2.05, 4.69) is 39.4 Å². The Morgan fingerprint density at radius 1 is 1.32 bits per heavy atom. The van der Waals surface area contributed by atoms with Gasteiger partial charge in [-0.1, -0.05) is 36.4 Å². The number of aromatic amines is 1. The Bertz CT molecular complexity index is 978. The normalized spacial score (nSPS) is 17.8. The summed E-state index contributed by atoms with van der Waals surface area (Å²) in [5, 5.41) is 9.23. The highest BCUT2D eigenvalue weighted by molar-refractivity contribution is 7.71. The van der Waals surface area contributed by atoms with Crippen LogP contribution >= 0.6 is 23.6 Å². The fraction of sp³-hybridized carbons (Fsp3) is 0.381. The Morgan fingerprint density at radius 3 is 2.89 bits per heavy atom. The lowest BCUT2D eigenvalue weighted by Crippen LogP contribution is -2.40. The summed E-state index contributed by atoms with van der Waals surface area (Å²) in [7, 11) is 0. The van der Waals surface area contributed by atoms with Crippen LogP contribution in [0.25, 0.3) is 10.7 Å². The van der Waals surface area contributed by atoms with E-state index in [1.165, 1.54) is 5.56 Å². The number of benzene rings is 1. The summed E-state index contributed by atoms with van der Waals surface area (Å²) in [6, 6.07) is 14.4. The molecule has 2 unspecified atom stereocenters. The fourth-order valence-electron chi connectivity index (χ4n) is 4.00. The molecule has 0 spiro atoms. The fourth-order valence-corrected chi connectivity index (χ4v) is 5.00. The molecule has 0 radical (unpaired) electrons. The summed E-state index contributed by atoms with van der Waals surface area (Å²) in [4.78, 5) is 16.4. The predicted molar refractivity (Wildman–Crippen MR) is 115 cm³/mol. The van der Waals surface area contributed by atoms with Gasteiger partial charge in [0.1, 0.15) is 6.04 Å². The highest BCUT2D eigenvalue weighted by atomic mass is 32.1. The number of rotatable bonds is 6. The zero-order valence-electron chi connectivity index (χ0n) is 15.9. The Hall–Kier alpha value is -2.25. The van der Waals surface area contributed by atoms with Crippen LogP contribution < -0.4 is 0 Å². The minimum absolute atomic E-state index is 0.130. The lowest BCUT2D eigenvalue weighted by molar-refractivity contribution is -0.135. The molecule has 28 heavy (non-hydrogen) atoms. The molecule has 1 aromatic carbocycles. The van der Waals surface area contributed by atoms with Crippen molar-refractivity contribution < 1.29 is 4.79 Å². The quantitative estimate of drug-likeness (QED) is 0.589. The van der Waals surface area contributed by atoms with Gasteiger partial charge in [0.25, 0.3) is 0 Å².